The third-order valence-electron chi connectivity index (χ3n) is 3.21. The Balaban J connectivity index is 2.00. The minimum atomic E-state index is 0.247. The number of para-hydroxylation sites is 1. The molecule has 0 aliphatic carbocycles. The first-order valence-electron chi connectivity index (χ1n) is 6.93. The molecule has 0 spiro atoms. The summed E-state index contributed by atoms with van der Waals surface area (Å²) in [5, 5.41) is 0.813. The fraction of sp³-hybridized carbons (Fsp3) is 0.176. The molecule has 0 bridgehead atoms. The van der Waals surface area contributed by atoms with Crippen LogP contribution in [0.25, 0.3) is 10.9 Å². The van der Waals surface area contributed by atoms with Crippen molar-refractivity contribution >= 4 is 16.7 Å². The first-order valence-corrected chi connectivity index (χ1v) is 6.93. The maximum Gasteiger partial charge on any atom is 0.135 e. The van der Waals surface area contributed by atoms with E-state index in [-0.39, 0.29) is 5.92 Å². The van der Waals surface area contributed by atoms with Gasteiger partial charge in [-0.2, -0.15) is 0 Å². The Morgan fingerprint density at radius 3 is 2.43 bits per heavy atom. The zero-order chi connectivity index (χ0) is 14.8. The van der Waals surface area contributed by atoms with Gasteiger partial charge >= 0.3 is 0 Å². The number of hydrogen-bond donors (Lipinski definition) is 1. The molecule has 1 heterocycles. The second-order valence-electron chi connectivity index (χ2n) is 5.22. The lowest BCUT2D eigenvalue weighted by Crippen LogP contribution is -2.02. The van der Waals surface area contributed by atoms with Gasteiger partial charge in [0.1, 0.15) is 23.1 Å². The molecule has 0 aliphatic heterocycles. The van der Waals surface area contributed by atoms with E-state index in [2.05, 4.69) is 9.97 Å². The van der Waals surface area contributed by atoms with Crippen LogP contribution in [0.3, 0.4) is 0 Å². The first-order chi connectivity index (χ1) is 10.1. The van der Waals surface area contributed by atoms with Crippen molar-refractivity contribution in [2.75, 3.05) is 5.73 Å². The smallest absolute Gasteiger partial charge is 0.135 e. The molecule has 0 fully saturated rings. The van der Waals surface area contributed by atoms with Crippen molar-refractivity contribution in [3.05, 3.63) is 54.4 Å². The number of rotatable bonds is 3. The zero-order valence-electron chi connectivity index (χ0n) is 12.1. The van der Waals surface area contributed by atoms with Gasteiger partial charge in [-0.05, 0) is 30.3 Å². The van der Waals surface area contributed by atoms with Crippen LogP contribution in [-0.2, 0) is 0 Å². The number of fused-ring (bicyclic) bond motifs is 1. The van der Waals surface area contributed by atoms with Crippen molar-refractivity contribution < 1.29 is 4.74 Å². The lowest BCUT2D eigenvalue weighted by Gasteiger charge is -2.10. The van der Waals surface area contributed by atoms with E-state index in [4.69, 9.17) is 10.5 Å². The Labute approximate surface area is 123 Å². The highest BCUT2D eigenvalue weighted by Crippen LogP contribution is 2.28. The van der Waals surface area contributed by atoms with Gasteiger partial charge in [0.2, 0.25) is 0 Å². The Morgan fingerprint density at radius 2 is 1.71 bits per heavy atom. The number of benzene rings is 2. The van der Waals surface area contributed by atoms with Crippen LogP contribution >= 0.6 is 0 Å². The number of nitrogen functional groups attached to an aromatic ring is 1. The van der Waals surface area contributed by atoms with E-state index in [0.717, 1.165) is 28.2 Å². The number of hydrogen-bond acceptors (Lipinski definition) is 4. The topological polar surface area (TPSA) is 61.0 Å². The van der Waals surface area contributed by atoms with Crippen LogP contribution in [-0.4, -0.2) is 9.97 Å². The number of aromatic nitrogens is 2. The summed E-state index contributed by atoms with van der Waals surface area (Å²) in [4.78, 5) is 8.90. The van der Waals surface area contributed by atoms with E-state index >= 15 is 0 Å². The van der Waals surface area contributed by atoms with E-state index in [1.165, 1.54) is 0 Å². The summed E-state index contributed by atoms with van der Waals surface area (Å²) in [6.45, 7) is 4.10. The van der Waals surface area contributed by atoms with Crippen LogP contribution in [0.5, 0.6) is 11.5 Å². The van der Waals surface area contributed by atoms with E-state index in [1.54, 1.807) is 0 Å². The van der Waals surface area contributed by atoms with E-state index in [0.29, 0.717) is 5.82 Å². The third kappa shape index (κ3) is 2.79. The minimum absolute atomic E-state index is 0.247. The standard InChI is InChI=1S/C17H17N3O/c1-11(2)17-19-15-9-8-13(10-14(15)16(18)20-17)21-12-6-4-3-5-7-12/h3-11H,1-2H3,(H2,18,19,20). The Bertz CT molecular complexity index is 770. The number of anilines is 1. The lowest BCUT2D eigenvalue weighted by atomic mass is 10.1. The van der Waals surface area contributed by atoms with E-state index < -0.39 is 0 Å². The first kappa shape index (κ1) is 13.4. The third-order valence-corrected chi connectivity index (χ3v) is 3.21. The summed E-state index contributed by atoms with van der Waals surface area (Å²) in [7, 11) is 0. The van der Waals surface area contributed by atoms with E-state index in [9.17, 15) is 0 Å². The molecular formula is C17H17N3O. The highest BCUT2D eigenvalue weighted by Gasteiger charge is 2.09. The Morgan fingerprint density at radius 1 is 0.952 bits per heavy atom. The van der Waals surface area contributed by atoms with Gasteiger partial charge < -0.3 is 10.5 Å². The van der Waals surface area contributed by atoms with Crippen LogP contribution in [0.15, 0.2) is 48.5 Å². The normalized spacial score (nSPS) is 11.0. The second kappa shape index (κ2) is 5.40. The molecule has 3 rings (SSSR count). The van der Waals surface area contributed by atoms with Gasteiger partial charge in [-0.1, -0.05) is 32.0 Å². The van der Waals surface area contributed by atoms with Crippen LogP contribution in [0.4, 0.5) is 5.82 Å². The molecule has 0 radical (unpaired) electrons. The van der Waals surface area contributed by atoms with E-state index in [1.807, 2.05) is 62.4 Å². The molecule has 4 heteroatoms. The molecule has 2 aromatic carbocycles. The summed E-state index contributed by atoms with van der Waals surface area (Å²) in [5.74, 6) is 3.01. The Hall–Kier alpha value is -2.62. The van der Waals surface area contributed by atoms with Gasteiger partial charge in [-0.25, -0.2) is 9.97 Å². The summed E-state index contributed by atoms with van der Waals surface area (Å²) in [5.41, 5.74) is 6.89. The fourth-order valence-electron chi connectivity index (χ4n) is 2.10. The Kier molecular flexibility index (Phi) is 3.44. The van der Waals surface area contributed by atoms with Crippen molar-refractivity contribution in [1.82, 2.24) is 9.97 Å². The minimum Gasteiger partial charge on any atom is -0.457 e. The molecule has 0 saturated heterocycles. The van der Waals surface area contributed by atoms with Gasteiger partial charge in [-0.15, -0.1) is 0 Å². The van der Waals surface area contributed by atoms with Crippen molar-refractivity contribution in [2.45, 2.75) is 19.8 Å². The highest BCUT2D eigenvalue weighted by molar-refractivity contribution is 5.89. The number of nitrogens with two attached hydrogens (primary N) is 1. The predicted octanol–water partition coefficient (Wildman–Crippen LogP) is 4.13. The SMILES string of the molecule is CC(C)c1nc(N)c2cc(Oc3ccccc3)ccc2n1. The number of nitrogens with zero attached hydrogens (tertiary/aromatic N) is 2. The van der Waals surface area contributed by atoms with Gasteiger partial charge in [0.15, 0.2) is 0 Å². The van der Waals surface area contributed by atoms with Crippen molar-refractivity contribution in [1.29, 1.82) is 0 Å². The quantitative estimate of drug-likeness (QED) is 0.783. The maximum absolute atomic E-state index is 6.05. The average Bonchev–Trinajstić information content (AvgIpc) is 2.48. The summed E-state index contributed by atoms with van der Waals surface area (Å²) >= 11 is 0. The molecule has 1 aromatic heterocycles. The van der Waals surface area contributed by atoms with Gasteiger partial charge in [0.25, 0.3) is 0 Å². The predicted molar refractivity (Wildman–Crippen MR) is 84.6 cm³/mol. The van der Waals surface area contributed by atoms with Crippen LogP contribution < -0.4 is 10.5 Å². The van der Waals surface area contributed by atoms with Crippen LogP contribution in [0, 0.1) is 0 Å². The monoisotopic (exact) mass is 279 g/mol. The molecule has 0 amide bonds. The summed E-state index contributed by atoms with van der Waals surface area (Å²) in [6, 6.07) is 15.3. The molecular weight excluding hydrogens is 262 g/mol. The van der Waals surface area contributed by atoms with Crippen LogP contribution in [0.2, 0.25) is 0 Å². The van der Waals surface area contributed by atoms with Gasteiger partial charge in [0.05, 0.1) is 5.52 Å². The second-order valence-corrected chi connectivity index (χ2v) is 5.22. The molecule has 0 saturated carbocycles. The summed E-state index contributed by atoms with van der Waals surface area (Å²) < 4.78 is 5.81. The largest absolute Gasteiger partial charge is 0.457 e. The fourth-order valence-corrected chi connectivity index (χ4v) is 2.10. The van der Waals surface area contributed by atoms with Gasteiger partial charge in [0, 0.05) is 11.3 Å². The van der Waals surface area contributed by atoms with Crippen molar-refractivity contribution in [3.8, 4) is 11.5 Å². The molecule has 4 nitrogen and oxygen atoms in total. The highest BCUT2D eigenvalue weighted by atomic mass is 16.5. The lowest BCUT2D eigenvalue weighted by molar-refractivity contribution is 0.483. The molecule has 21 heavy (non-hydrogen) atoms. The van der Waals surface area contributed by atoms with Crippen LogP contribution in [0.1, 0.15) is 25.6 Å². The van der Waals surface area contributed by atoms with Crippen molar-refractivity contribution in [2.24, 2.45) is 0 Å². The molecule has 106 valence electrons. The molecule has 3 aromatic rings. The summed E-state index contributed by atoms with van der Waals surface area (Å²) in [6.07, 6.45) is 0. The molecule has 0 atom stereocenters. The average molecular weight is 279 g/mol. The maximum atomic E-state index is 6.05. The van der Waals surface area contributed by atoms with Gasteiger partial charge in [-0.3, -0.25) is 0 Å². The zero-order valence-corrected chi connectivity index (χ0v) is 12.1. The number of ether oxygens (including phenoxy) is 1. The molecule has 0 unspecified atom stereocenters. The van der Waals surface area contributed by atoms with Crippen molar-refractivity contribution in [3.63, 3.8) is 0 Å². The molecule has 0 aliphatic rings. The molecule has 2 N–H and O–H groups in total.